The van der Waals surface area contributed by atoms with E-state index in [1.54, 1.807) is 20.3 Å². The summed E-state index contributed by atoms with van der Waals surface area (Å²) in [7, 11) is 3.16. The first-order chi connectivity index (χ1) is 13.4. The molecule has 2 aromatic rings. The van der Waals surface area contributed by atoms with Crippen LogP contribution in [-0.4, -0.2) is 38.3 Å². The molecule has 10 heteroatoms. The second-order valence-corrected chi connectivity index (χ2v) is 6.62. The van der Waals surface area contributed by atoms with Crippen molar-refractivity contribution in [2.45, 2.75) is 26.1 Å². The van der Waals surface area contributed by atoms with E-state index in [0.29, 0.717) is 48.5 Å². The molecule has 1 heterocycles. The Bertz CT molecular complexity index is 793. The molecule has 0 unspecified atom stereocenters. The van der Waals surface area contributed by atoms with Gasteiger partial charge in [0.15, 0.2) is 11.7 Å². The van der Waals surface area contributed by atoms with Gasteiger partial charge in [0.1, 0.15) is 11.5 Å². The molecule has 0 atom stereocenters. The van der Waals surface area contributed by atoms with E-state index >= 15 is 0 Å². The number of nitrogens with one attached hydrogen (secondary N) is 2. The van der Waals surface area contributed by atoms with Gasteiger partial charge in [-0.3, -0.25) is 0 Å². The molecule has 0 bridgehead atoms. The molecule has 0 amide bonds. The molecular weight excluding hydrogens is 393 g/mol. The number of nitrogens with zero attached hydrogens (tertiary/aromatic N) is 2. The van der Waals surface area contributed by atoms with Gasteiger partial charge >= 0.3 is 6.18 Å². The van der Waals surface area contributed by atoms with Gasteiger partial charge in [0, 0.05) is 36.5 Å². The molecule has 1 aromatic carbocycles. The third-order valence-electron chi connectivity index (χ3n) is 3.72. The minimum absolute atomic E-state index is 0.372. The van der Waals surface area contributed by atoms with Crippen LogP contribution >= 0.6 is 11.3 Å². The van der Waals surface area contributed by atoms with E-state index in [1.807, 2.05) is 19.1 Å². The van der Waals surface area contributed by atoms with Gasteiger partial charge in [0.2, 0.25) is 0 Å². The van der Waals surface area contributed by atoms with E-state index in [1.165, 1.54) is 0 Å². The Labute approximate surface area is 165 Å². The number of aromatic nitrogens is 1. The van der Waals surface area contributed by atoms with Crippen molar-refractivity contribution in [2.75, 3.05) is 27.3 Å². The number of ether oxygens (including phenoxy) is 2. The Morgan fingerprint density at radius 1 is 1.21 bits per heavy atom. The monoisotopic (exact) mass is 416 g/mol. The quantitative estimate of drug-likeness (QED) is 0.510. The average molecular weight is 416 g/mol. The Balaban J connectivity index is 1.96. The fourth-order valence-corrected chi connectivity index (χ4v) is 3.14. The molecule has 0 spiro atoms. The molecule has 0 aliphatic heterocycles. The fraction of sp³-hybridized carbons (Fsp3) is 0.444. The number of methoxy groups -OCH3 is 2. The molecule has 6 nitrogen and oxygen atoms in total. The number of thiazole rings is 1. The maximum Gasteiger partial charge on any atom is 0.434 e. The summed E-state index contributed by atoms with van der Waals surface area (Å²) in [5.74, 6) is 1.92. The van der Waals surface area contributed by atoms with Crippen LogP contribution in [-0.2, 0) is 19.1 Å². The third-order valence-corrected chi connectivity index (χ3v) is 4.63. The molecular formula is C18H23F3N4O2S. The Kier molecular flexibility index (Phi) is 7.91. The number of hydrogen-bond acceptors (Lipinski definition) is 5. The lowest BCUT2D eigenvalue weighted by Crippen LogP contribution is -2.38. The molecule has 2 rings (SSSR count). The van der Waals surface area contributed by atoms with Gasteiger partial charge in [-0.2, -0.15) is 13.2 Å². The highest BCUT2D eigenvalue weighted by Crippen LogP contribution is 2.30. The highest BCUT2D eigenvalue weighted by Gasteiger charge is 2.33. The molecule has 0 radical (unpaired) electrons. The minimum atomic E-state index is -4.41. The maximum absolute atomic E-state index is 12.6. The van der Waals surface area contributed by atoms with Gasteiger partial charge in [-0.1, -0.05) is 0 Å². The minimum Gasteiger partial charge on any atom is -0.497 e. The Hall–Kier alpha value is -2.49. The third kappa shape index (κ3) is 6.29. The average Bonchev–Trinajstić information content (AvgIpc) is 3.15. The molecule has 154 valence electrons. The first-order valence-corrected chi connectivity index (χ1v) is 9.50. The zero-order chi connectivity index (χ0) is 20.6. The lowest BCUT2D eigenvalue weighted by molar-refractivity contribution is -0.140. The van der Waals surface area contributed by atoms with Crippen LogP contribution in [0, 0.1) is 0 Å². The van der Waals surface area contributed by atoms with E-state index in [-0.39, 0.29) is 0 Å². The summed E-state index contributed by atoms with van der Waals surface area (Å²) in [4.78, 5) is 8.12. The van der Waals surface area contributed by atoms with E-state index in [0.717, 1.165) is 22.3 Å². The zero-order valence-electron chi connectivity index (χ0n) is 15.9. The van der Waals surface area contributed by atoms with E-state index < -0.39 is 11.9 Å². The molecule has 1 aromatic heterocycles. The van der Waals surface area contributed by atoms with Gasteiger partial charge in [-0.25, -0.2) is 9.98 Å². The van der Waals surface area contributed by atoms with Crippen molar-refractivity contribution >= 4 is 17.3 Å². The van der Waals surface area contributed by atoms with Crippen molar-refractivity contribution < 1.29 is 22.6 Å². The van der Waals surface area contributed by atoms with Crippen molar-refractivity contribution in [3.05, 3.63) is 39.8 Å². The van der Waals surface area contributed by atoms with Gasteiger partial charge < -0.3 is 20.1 Å². The molecule has 0 saturated heterocycles. The highest BCUT2D eigenvalue weighted by molar-refractivity contribution is 7.09. The molecule has 0 aliphatic rings. The largest absolute Gasteiger partial charge is 0.497 e. The summed E-state index contributed by atoms with van der Waals surface area (Å²) >= 11 is 1.00. The summed E-state index contributed by atoms with van der Waals surface area (Å²) in [5.41, 5.74) is 0.0370. The number of hydrogen-bond donors (Lipinski definition) is 2. The second-order valence-electron chi connectivity index (χ2n) is 5.67. The zero-order valence-corrected chi connectivity index (χ0v) is 16.7. The van der Waals surface area contributed by atoms with Gasteiger partial charge in [0.25, 0.3) is 0 Å². The number of aliphatic imine (C=N–C) groups is 1. The van der Waals surface area contributed by atoms with Crippen molar-refractivity contribution in [1.29, 1.82) is 0 Å². The standard InChI is InChI=1S/C18H23F3N4O2S/c1-4-22-17(23-8-7-16-25-15(11-28-16)18(19,20)21)24-10-12-5-6-13(26-2)9-14(12)27-3/h5-6,9,11H,4,7-8,10H2,1-3H3,(H2,22,23,24). The summed E-state index contributed by atoms with van der Waals surface area (Å²) in [5, 5.41) is 7.67. The first-order valence-electron chi connectivity index (χ1n) is 8.62. The normalized spacial score (nSPS) is 12.0. The molecule has 0 aliphatic carbocycles. The Morgan fingerprint density at radius 2 is 2.00 bits per heavy atom. The van der Waals surface area contributed by atoms with Crippen LogP contribution in [0.2, 0.25) is 0 Å². The maximum atomic E-state index is 12.6. The van der Waals surface area contributed by atoms with Crippen molar-refractivity contribution in [2.24, 2.45) is 4.99 Å². The smallest absolute Gasteiger partial charge is 0.434 e. The predicted octanol–water partition coefficient (Wildman–Crippen LogP) is 3.48. The van der Waals surface area contributed by atoms with Gasteiger partial charge in [-0.15, -0.1) is 11.3 Å². The van der Waals surface area contributed by atoms with Crippen LogP contribution in [0.5, 0.6) is 11.5 Å². The number of benzene rings is 1. The highest BCUT2D eigenvalue weighted by atomic mass is 32.1. The molecule has 0 fully saturated rings. The number of halogens is 3. The SMILES string of the molecule is CCNC(=NCc1ccc(OC)cc1OC)NCCc1nc(C(F)(F)F)cs1. The van der Waals surface area contributed by atoms with Crippen LogP contribution in [0.1, 0.15) is 23.2 Å². The van der Waals surface area contributed by atoms with Gasteiger partial charge in [0.05, 0.1) is 25.8 Å². The first kappa shape index (κ1) is 21.8. The lowest BCUT2D eigenvalue weighted by Gasteiger charge is -2.12. The van der Waals surface area contributed by atoms with Crippen LogP contribution in [0.3, 0.4) is 0 Å². The molecule has 0 saturated carbocycles. The summed E-state index contributed by atoms with van der Waals surface area (Å²) in [6.45, 7) is 3.37. The second kappa shape index (κ2) is 10.2. The lowest BCUT2D eigenvalue weighted by atomic mass is 10.2. The van der Waals surface area contributed by atoms with Gasteiger partial charge in [-0.05, 0) is 19.1 Å². The summed E-state index contributed by atoms with van der Waals surface area (Å²) < 4.78 is 48.4. The van der Waals surface area contributed by atoms with Crippen LogP contribution in [0.25, 0.3) is 0 Å². The van der Waals surface area contributed by atoms with E-state index in [9.17, 15) is 13.2 Å². The predicted molar refractivity (Wildman–Crippen MR) is 103 cm³/mol. The fourth-order valence-electron chi connectivity index (χ4n) is 2.33. The van der Waals surface area contributed by atoms with Crippen LogP contribution < -0.4 is 20.1 Å². The van der Waals surface area contributed by atoms with Crippen molar-refractivity contribution in [3.63, 3.8) is 0 Å². The van der Waals surface area contributed by atoms with Crippen molar-refractivity contribution in [1.82, 2.24) is 15.6 Å². The van der Waals surface area contributed by atoms with E-state index in [4.69, 9.17) is 9.47 Å². The number of rotatable bonds is 8. The summed E-state index contributed by atoms with van der Waals surface area (Å²) in [6.07, 6.45) is -4.03. The number of guanidine groups is 1. The molecule has 2 N–H and O–H groups in total. The van der Waals surface area contributed by atoms with E-state index in [2.05, 4.69) is 20.6 Å². The van der Waals surface area contributed by atoms with Crippen LogP contribution in [0.15, 0.2) is 28.6 Å². The molecule has 28 heavy (non-hydrogen) atoms. The Morgan fingerprint density at radius 3 is 2.61 bits per heavy atom. The topological polar surface area (TPSA) is 67.8 Å². The van der Waals surface area contributed by atoms with Crippen molar-refractivity contribution in [3.8, 4) is 11.5 Å². The van der Waals surface area contributed by atoms with Crippen LogP contribution in [0.4, 0.5) is 13.2 Å². The summed E-state index contributed by atoms with van der Waals surface area (Å²) in [6, 6.07) is 5.49. The number of alkyl halides is 3.